The van der Waals surface area contributed by atoms with Crippen LogP contribution in [0.2, 0.25) is 0 Å². The maximum absolute atomic E-state index is 5.59. The smallest absolute Gasteiger partial charge is 0.0447 e. The first-order valence-corrected chi connectivity index (χ1v) is 7.99. The fraction of sp³-hybridized carbons (Fsp3) is 0.250. The molecule has 0 saturated heterocycles. The third-order valence-electron chi connectivity index (χ3n) is 2.92. The van der Waals surface area contributed by atoms with E-state index in [1.165, 1.54) is 35.2 Å². The number of hydrogen-bond donors (Lipinski definition) is 0. The number of hydrogen-bond acceptors (Lipinski definition) is 3. The van der Waals surface area contributed by atoms with E-state index in [1.807, 2.05) is 0 Å². The van der Waals surface area contributed by atoms with Gasteiger partial charge in [-0.15, -0.1) is 0 Å². The van der Waals surface area contributed by atoms with Crippen molar-refractivity contribution in [3.05, 3.63) is 59.7 Å². The van der Waals surface area contributed by atoms with Crippen LogP contribution in [0, 0.1) is 0 Å². The third kappa shape index (κ3) is 4.60. The van der Waals surface area contributed by atoms with Crippen molar-refractivity contribution in [3.63, 3.8) is 0 Å². The lowest BCUT2D eigenvalue weighted by molar-refractivity contribution is 0.756. The Morgan fingerprint density at radius 3 is 1.37 bits per heavy atom. The van der Waals surface area contributed by atoms with E-state index in [9.17, 15) is 0 Å². The fourth-order valence-corrected chi connectivity index (χ4v) is 2.92. The van der Waals surface area contributed by atoms with Gasteiger partial charge in [0.2, 0.25) is 0 Å². The summed E-state index contributed by atoms with van der Waals surface area (Å²) in [6, 6.07) is 17.0. The standard InChI is InChI=1S/C16H18OS2/c1-3-13-5-9-15(10-6-13)18-17-19-16-11-7-14(4-2)8-12-16/h5-12H,3-4H2,1-2H3. The Bertz CT molecular complexity index is 444. The zero-order chi connectivity index (χ0) is 13.5. The van der Waals surface area contributed by atoms with Crippen LogP contribution in [0.25, 0.3) is 0 Å². The molecule has 0 heterocycles. The van der Waals surface area contributed by atoms with Gasteiger partial charge in [0.15, 0.2) is 0 Å². The van der Waals surface area contributed by atoms with Crippen LogP contribution in [0.3, 0.4) is 0 Å². The predicted molar refractivity (Wildman–Crippen MR) is 84.4 cm³/mol. The van der Waals surface area contributed by atoms with Crippen molar-refractivity contribution in [1.82, 2.24) is 0 Å². The van der Waals surface area contributed by atoms with Gasteiger partial charge in [-0.2, -0.15) is 0 Å². The van der Waals surface area contributed by atoms with Gasteiger partial charge < -0.3 is 0 Å². The molecule has 19 heavy (non-hydrogen) atoms. The highest BCUT2D eigenvalue weighted by Crippen LogP contribution is 2.29. The van der Waals surface area contributed by atoms with Crippen LogP contribution in [-0.4, -0.2) is 0 Å². The molecule has 0 aliphatic carbocycles. The van der Waals surface area contributed by atoms with E-state index in [-0.39, 0.29) is 0 Å². The molecule has 1 nitrogen and oxygen atoms in total. The Morgan fingerprint density at radius 1 is 0.684 bits per heavy atom. The number of aryl methyl sites for hydroxylation is 2. The first-order valence-electron chi connectivity index (χ1n) is 6.51. The van der Waals surface area contributed by atoms with Gasteiger partial charge in [0, 0.05) is 33.9 Å². The van der Waals surface area contributed by atoms with Crippen LogP contribution in [0.5, 0.6) is 0 Å². The molecule has 2 rings (SSSR count). The topological polar surface area (TPSA) is 9.23 Å². The normalized spacial score (nSPS) is 10.6. The molecule has 0 aromatic heterocycles. The first kappa shape index (κ1) is 14.5. The molecule has 2 aromatic rings. The maximum Gasteiger partial charge on any atom is 0.0447 e. The van der Waals surface area contributed by atoms with Gasteiger partial charge in [0.1, 0.15) is 0 Å². The van der Waals surface area contributed by atoms with Crippen molar-refractivity contribution in [2.75, 3.05) is 0 Å². The monoisotopic (exact) mass is 290 g/mol. The van der Waals surface area contributed by atoms with Gasteiger partial charge in [-0.1, -0.05) is 38.1 Å². The van der Waals surface area contributed by atoms with Crippen molar-refractivity contribution in [2.24, 2.45) is 0 Å². The molecule has 100 valence electrons. The summed E-state index contributed by atoms with van der Waals surface area (Å²) in [5.41, 5.74) is 2.71. The van der Waals surface area contributed by atoms with Crippen molar-refractivity contribution in [2.45, 2.75) is 36.5 Å². The van der Waals surface area contributed by atoms with Crippen molar-refractivity contribution in [1.29, 1.82) is 0 Å². The lowest BCUT2D eigenvalue weighted by atomic mass is 10.2. The molecular weight excluding hydrogens is 272 g/mol. The summed E-state index contributed by atoms with van der Waals surface area (Å²) in [6.45, 7) is 4.32. The van der Waals surface area contributed by atoms with Crippen molar-refractivity contribution < 1.29 is 3.63 Å². The summed E-state index contributed by atoms with van der Waals surface area (Å²) >= 11 is 2.81. The molecule has 3 heteroatoms. The predicted octanol–water partition coefficient (Wildman–Crippen LogP) is 5.54. The van der Waals surface area contributed by atoms with Gasteiger partial charge in [0.25, 0.3) is 0 Å². The van der Waals surface area contributed by atoms with E-state index in [0.29, 0.717) is 0 Å². The molecule has 0 spiro atoms. The highest BCUT2D eigenvalue weighted by Gasteiger charge is 1.99. The summed E-state index contributed by atoms with van der Waals surface area (Å²) in [7, 11) is 0. The molecule has 0 N–H and O–H groups in total. The summed E-state index contributed by atoms with van der Waals surface area (Å²) in [6.07, 6.45) is 2.15. The second kappa shape index (κ2) is 7.63. The minimum atomic E-state index is 1.07. The minimum Gasteiger partial charge on any atom is -0.237 e. The van der Waals surface area contributed by atoms with Crippen molar-refractivity contribution >= 4 is 24.1 Å². The van der Waals surface area contributed by atoms with Gasteiger partial charge >= 0.3 is 0 Å². The Morgan fingerprint density at radius 2 is 1.05 bits per heavy atom. The molecule has 0 fully saturated rings. The summed E-state index contributed by atoms with van der Waals surface area (Å²) in [5.74, 6) is 0. The zero-order valence-corrected chi connectivity index (χ0v) is 12.9. The quantitative estimate of drug-likeness (QED) is 0.646. The minimum absolute atomic E-state index is 1.07. The van der Waals surface area contributed by atoms with Crippen LogP contribution >= 0.6 is 24.1 Å². The molecule has 0 saturated carbocycles. The van der Waals surface area contributed by atoms with Gasteiger partial charge in [-0.3, -0.25) is 0 Å². The van der Waals surface area contributed by atoms with Crippen LogP contribution in [-0.2, 0) is 16.5 Å². The molecule has 0 radical (unpaired) electrons. The van der Waals surface area contributed by atoms with Crippen molar-refractivity contribution in [3.8, 4) is 0 Å². The molecule has 0 aliphatic rings. The van der Waals surface area contributed by atoms with Crippen LogP contribution in [0.1, 0.15) is 25.0 Å². The highest BCUT2D eigenvalue weighted by atomic mass is 32.2. The Hall–Kier alpha value is -0.900. The molecule has 0 unspecified atom stereocenters. The van der Waals surface area contributed by atoms with Crippen LogP contribution in [0.15, 0.2) is 58.3 Å². The molecule has 0 aliphatic heterocycles. The van der Waals surface area contributed by atoms with Gasteiger partial charge in [0.05, 0.1) is 0 Å². The lowest BCUT2D eigenvalue weighted by Crippen LogP contribution is -1.80. The Labute approximate surface area is 124 Å². The van der Waals surface area contributed by atoms with E-state index in [2.05, 4.69) is 62.4 Å². The average Bonchev–Trinajstić information content (AvgIpc) is 2.49. The largest absolute Gasteiger partial charge is 0.237 e. The molecule has 0 amide bonds. The van der Waals surface area contributed by atoms with Crippen LogP contribution in [0.4, 0.5) is 0 Å². The molecule has 2 aromatic carbocycles. The molecular formula is C16H18OS2. The fourth-order valence-electron chi connectivity index (χ4n) is 1.66. The van der Waals surface area contributed by atoms with E-state index < -0.39 is 0 Å². The van der Waals surface area contributed by atoms with Crippen LogP contribution < -0.4 is 0 Å². The molecule has 0 bridgehead atoms. The van der Waals surface area contributed by atoms with E-state index in [1.54, 1.807) is 0 Å². The van der Waals surface area contributed by atoms with E-state index in [0.717, 1.165) is 22.6 Å². The SMILES string of the molecule is CCc1ccc(SOSc2ccc(CC)cc2)cc1. The average molecular weight is 290 g/mol. The Kier molecular flexibility index (Phi) is 5.83. The summed E-state index contributed by atoms with van der Waals surface area (Å²) in [4.78, 5) is 2.27. The third-order valence-corrected chi connectivity index (χ3v) is 4.40. The number of benzene rings is 2. The second-order valence-corrected chi connectivity index (χ2v) is 6.05. The maximum atomic E-state index is 5.59. The van der Waals surface area contributed by atoms with E-state index in [4.69, 9.17) is 3.63 Å². The Balaban J connectivity index is 1.81. The van der Waals surface area contributed by atoms with Gasteiger partial charge in [-0.05, 0) is 48.2 Å². The number of rotatable bonds is 6. The van der Waals surface area contributed by atoms with E-state index >= 15 is 0 Å². The molecule has 0 atom stereocenters. The zero-order valence-electron chi connectivity index (χ0n) is 11.3. The summed E-state index contributed by atoms with van der Waals surface area (Å²) in [5, 5.41) is 0. The van der Waals surface area contributed by atoms with Gasteiger partial charge in [-0.25, -0.2) is 3.63 Å². The first-order chi connectivity index (χ1) is 9.31. The summed E-state index contributed by atoms with van der Waals surface area (Å²) < 4.78 is 5.59. The lowest BCUT2D eigenvalue weighted by Gasteiger charge is -2.03. The second-order valence-electron chi connectivity index (χ2n) is 4.23. The highest BCUT2D eigenvalue weighted by molar-refractivity contribution is 8.07.